The molecule has 0 N–H and O–H groups in total. The lowest BCUT2D eigenvalue weighted by atomic mass is 9.64. The largest absolute Gasteiger partial charge is 0.0993 e. The molecule has 1 aliphatic rings. The number of unbranched alkanes of at least 4 members (excludes halogenated alkanes) is 8. The van der Waals surface area contributed by atoms with E-state index < -0.39 is 0 Å². The summed E-state index contributed by atoms with van der Waals surface area (Å²) in [5, 5.41) is 0. The summed E-state index contributed by atoms with van der Waals surface area (Å²) in [5.41, 5.74) is 2.95. The van der Waals surface area contributed by atoms with Crippen molar-refractivity contribution in [3.05, 3.63) is 24.3 Å². The molecule has 0 heteroatoms. The molecule has 128 valence electrons. The van der Waals surface area contributed by atoms with Gasteiger partial charge in [0.25, 0.3) is 0 Å². The number of hydrogen-bond acceptors (Lipinski definition) is 0. The van der Waals surface area contributed by atoms with Gasteiger partial charge < -0.3 is 0 Å². The van der Waals surface area contributed by atoms with Crippen LogP contribution in [0.25, 0.3) is 0 Å². The molecule has 0 amide bonds. The Morgan fingerprint density at radius 2 is 1.09 bits per heavy atom. The van der Waals surface area contributed by atoms with E-state index in [9.17, 15) is 0 Å². The molecule has 1 fully saturated rings. The fourth-order valence-electron chi connectivity index (χ4n) is 4.08. The van der Waals surface area contributed by atoms with Gasteiger partial charge >= 0.3 is 0 Å². The third kappa shape index (κ3) is 5.60. The van der Waals surface area contributed by atoms with Crippen molar-refractivity contribution >= 4 is 0 Å². The van der Waals surface area contributed by atoms with E-state index in [1.54, 1.807) is 0 Å². The van der Waals surface area contributed by atoms with Crippen LogP contribution in [0.15, 0.2) is 24.3 Å². The second-order valence-electron chi connectivity index (χ2n) is 7.74. The summed E-state index contributed by atoms with van der Waals surface area (Å²) in [6, 6.07) is 0. The van der Waals surface area contributed by atoms with Crippen LogP contribution in [-0.2, 0) is 0 Å². The summed E-state index contributed by atoms with van der Waals surface area (Å²) < 4.78 is 0. The smallest absolute Gasteiger partial charge is 0.0140 e. The van der Waals surface area contributed by atoms with Crippen LogP contribution in [0.3, 0.4) is 0 Å². The molecule has 0 spiro atoms. The zero-order valence-electron chi connectivity index (χ0n) is 15.8. The molecule has 0 aromatic heterocycles. The van der Waals surface area contributed by atoms with E-state index in [0.717, 1.165) is 0 Å². The van der Waals surface area contributed by atoms with Crippen molar-refractivity contribution in [1.29, 1.82) is 0 Å². The molecule has 0 aliphatic heterocycles. The molecule has 1 aliphatic carbocycles. The van der Waals surface area contributed by atoms with Gasteiger partial charge in [-0.3, -0.25) is 0 Å². The summed E-state index contributed by atoms with van der Waals surface area (Å²) in [6.07, 6.45) is 14.1. The third-order valence-electron chi connectivity index (χ3n) is 6.20. The Morgan fingerprint density at radius 3 is 1.64 bits per heavy atom. The Morgan fingerprint density at radius 1 is 0.636 bits per heavy atom. The molecule has 1 rings (SSSR count). The molecule has 0 aromatic carbocycles. The van der Waals surface area contributed by atoms with Gasteiger partial charge in [-0.15, -0.1) is 0 Å². The van der Waals surface area contributed by atoms with E-state index in [0.29, 0.717) is 23.7 Å². The van der Waals surface area contributed by atoms with E-state index in [2.05, 4.69) is 40.9 Å². The van der Waals surface area contributed by atoms with Gasteiger partial charge in [0.05, 0.1) is 0 Å². The Hall–Kier alpha value is -0.520. The minimum atomic E-state index is 0.613. The molecular formula is C22H40. The first-order chi connectivity index (χ1) is 10.5. The van der Waals surface area contributed by atoms with Crippen molar-refractivity contribution in [3.63, 3.8) is 0 Å². The minimum Gasteiger partial charge on any atom is -0.0993 e. The van der Waals surface area contributed by atoms with Gasteiger partial charge in [0, 0.05) is 0 Å². The van der Waals surface area contributed by atoms with Crippen LogP contribution < -0.4 is 0 Å². The number of allylic oxidation sites excluding steroid dienone is 2. The average Bonchev–Trinajstić information content (AvgIpc) is 2.52. The molecule has 0 heterocycles. The molecule has 0 radical (unpaired) electrons. The molecule has 1 saturated carbocycles. The maximum absolute atomic E-state index is 4.43. The van der Waals surface area contributed by atoms with Gasteiger partial charge in [-0.1, -0.05) is 110 Å². The second kappa shape index (κ2) is 10.3. The van der Waals surface area contributed by atoms with Gasteiger partial charge in [0.15, 0.2) is 0 Å². The highest BCUT2D eigenvalue weighted by molar-refractivity contribution is 5.23. The van der Waals surface area contributed by atoms with Crippen LogP contribution in [0.4, 0.5) is 0 Å². The van der Waals surface area contributed by atoms with Gasteiger partial charge in [-0.25, -0.2) is 0 Å². The number of rotatable bonds is 10. The standard InChI is InChI=1S/C22H40/c1-7-8-9-10-11-12-13-14-15-16-22-20(5)18(3)17(2)19(4)21(22)6/h17,19-20,22H,3,6-16H2,1-2,4-5H3. The summed E-state index contributed by atoms with van der Waals surface area (Å²) in [4.78, 5) is 0. The third-order valence-corrected chi connectivity index (χ3v) is 6.20. The predicted octanol–water partition coefficient (Wildman–Crippen LogP) is 7.56. The summed E-state index contributed by atoms with van der Waals surface area (Å²) in [7, 11) is 0. The van der Waals surface area contributed by atoms with Crippen molar-refractivity contribution in [2.75, 3.05) is 0 Å². The highest BCUT2D eigenvalue weighted by Gasteiger charge is 2.35. The minimum absolute atomic E-state index is 0.613. The van der Waals surface area contributed by atoms with Crippen LogP contribution in [-0.4, -0.2) is 0 Å². The van der Waals surface area contributed by atoms with E-state index in [-0.39, 0.29) is 0 Å². The van der Waals surface area contributed by atoms with Crippen LogP contribution in [0.1, 0.15) is 91.9 Å². The maximum atomic E-state index is 4.43. The van der Waals surface area contributed by atoms with Crippen molar-refractivity contribution in [2.45, 2.75) is 91.9 Å². The molecule has 4 atom stereocenters. The summed E-state index contributed by atoms with van der Waals surface area (Å²) in [6.45, 7) is 18.1. The Balaban J connectivity index is 2.18. The zero-order valence-corrected chi connectivity index (χ0v) is 15.8. The lowest BCUT2D eigenvalue weighted by Crippen LogP contribution is -2.31. The Labute approximate surface area is 140 Å². The molecular weight excluding hydrogens is 264 g/mol. The summed E-state index contributed by atoms with van der Waals surface area (Å²) >= 11 is 0. The van der Waals surface area contributed by atoms with Crippen molar-refractivity contribution < 1.29 is 0 Å². The first-order valence-electron chi connectivity index (χ1n) is 9.88. The molecule has 0 saturated heterocycles. The maximum Gasteiger partial charge on any atom is -0.0140 e. The van der Waals surface area contributed by atoms with Crippen LogP contribution >= 0.6 is 0 Å². The fourth-order valence-corrected chi connectivity index (χ4v) is 4.08. The lowest BCUT2D eigenvalue weighted by Gasteiger charge is -2.41. The number of hydrogen-bond donors (Lipinski definition) is 0. The van der Waals surface area contributed by atoms with Crippen LogP contribution in [0.5, 0.6) is 0 Å². The topological polar surface area (TPSA) is 0 Å². The fraction of sp³-hybridized carbons (Fsp3) is 0.818. The van der Waals surface area contributed by atoms with Gasteiger partial charge in [0.1, 0.15) is 0 Å². The van der Waals surface area contributed by atoms with Crippen molar-refractivity contribution in [2.24, 2.45) is 23.7 Å². The van der Waals surface area contributed by atoms with Gasteiger partial charge in [-0.05, 0) is 30.1 Å². The molecule has 0 nitrogen and oxygen atoms in total. The normalized spacial score (nSPS) is 29.1. The van der Waals surface area contributed by atoms with E-state index in [4.69, 9.17) is 0 Å². The van der Waals surface area contributed by atoms with Crippen molar-refractivity contribution in [3.8, 4) is 0 Å². The van der Waals surface area contributed by atoms with E-state index in [1.165, 1.54) is 75.4 Å². The zero-order chi connectivity index (χ0) is 16.5. The quantitative estimate of drug-likeness (QED) is 0.288. The SMILES string of the molecule is C=C1C(C)C(C)C(=C)C(CCCCCCCCCCC)C1C. The molecule has 0 bridgehead atoms. The first kappa shape index (κ1) is 19.5. The van der Waals surface area contributed by atoms with Gasteiger partial charge in [-0.2, -0.15) is 0 Å². The predicted molar refractivity (Wildman–Crippen MR) is 101 cm³/mol. The van der Waals surface area contributed by atoms with Crippen LogP contribution in [0.2, 0.25) is 0 Å². The lowest BCUT2D eigenvalue weighted by molar-refractivity contribution is 0.284. The highest BCUT2D eigenvalue weighted by Crippen LogP contribution is 2.45. The van der Waals surface area contributed by atoms with Gasteiger partial charge in [0.2, 0.25) is 0 Å². The monoisotopic (exact) mass is 304 g/mol. The molecule has 4 unspecified atom stereocenters. The van der Waals surface area contributed by atoms with E-state index in [1.807, 2.05) is 0 Å². The van der Waals surface area contributed by atoms with Crippen molar-refractivity contribution in [1.82, 2.24) is 0 Å². The highest BCUT2D eigenvalue weighted by atomic mass is 14.4. The van der Waals surface area contributed by atoms with E-state index >= 15 is 0 Å². The second-order valence-corrected chi connectivity index (χ2v) is 7.74. The average molecular weight is 305 g/mol. The summed E-state index contributed by atoms with van der Waals surface area (Å²) in [5.74, 6) is 2.55. The molecule has 0 aromatic rings. The van der Waals surface area contributed by atoms with Crippen LogP contribution in [0, 0.1) is 23.7 Å². The first-order valence-corrected chi connectivity index (χ1v) is 9.88. The molecule has 22 heavy (non-hydrogen) atoms. The Bertz CT molecular complexity index is 338. The Kier molecular flexibility index (Phi) is 9.13.